The quantitative estimate of drug-likeness (QED) is 0.879. The molecular formula is C15H22N4O. The Hall–Kier alpha value is -1.75. The van der Waals surface area contributed by atoms with Crippen LogP contribution < -0.4 is 10.1 Å². The maximum atomic E-state index is 5.99. The van der Waals surface area contributed by atoms with Crippen LogP contribution in [0, 0.1) is 0 Å². The molecule has 0 aromatic carbocycles. The number of H-pyrrole nitrogens is 1. The predicted octanol–water partition coefficient (Wildman–Crippen LogP) is 2.47. The van der Waals surface area contributed by atoms with E-state index in [1.165, 1.54) is 19.4 Å². The predicted molar refractivity (Wildman–Crippen MR) is 81.4 cm³/mol. The van der Waals surface area contributed by atoms with Gasteiger partial charge in [0.2, 0.25) is 5.88 Å². The molecule has 1 aliphatic heterocycles. The second kappa shape index (κ2) is 5.71. The van der Waals surface area contributed by atoms with Gasteiger partial charge in [0.05, 0.1) is 5.69 Å². The molecule has 108 valence electrons. The number of ether oxygens (including phenoxy) is 1. The molecule has 0 radical (unpaired) electrons. The molecule has 0 saturated carbocycles. The van der Waals surface area contributed by atoms with Crippen LogP contribution in [-0.2, 0) is 0 Å². The lowest BCUT2D eigenvalue weighted by Gasteiger charge is -2.23. The number of anilines is 1. The van der Waals surface area contributed by atoms with Gasteiger partial charge < -0.3 is 15.0 Å². The Kier molecular flexibility index (Phi) is 3.78. The number of hydrogen-bond acceptors (Lipinski definition) is 4. The third-order valence-electron chi connectivity index (χ3n) is 4.09. The third kappa shape index (κ3) is 2.45. The molecule has 0 spiro atoms. The molecule has 2 aromatic rings. The van der Waals surface area contributed by atoms with Crippen molar-refractivity contribution in [2.24, 2.45) is 0 Å². The van der Waals surface area contributed by atoms with Crippen LogP contribution in [0.25, 0.3) is 11.0 Å². The van der Waals surface area contributed by atoms with Crippen LogP contribution in [0.1, 0.15) is 19.8 Å². The molecule has 1 saturated heterocycles. The van der Waals surface area contributed by atoms with Gasteiger partial charge in [-0.15, -0.1) is 0 Å². The number of fused-ring (bicyclic) bond motifs is 1. The minimum atomic E-state index is 0.519. The number of likely N-dealkylation sites (tertiary alicyclic amines) is 1. The molecule has 1 aliphatic rings. The Labute approximate surface area is 119 Å². The Morgan fingerprint density at radius 3 is 3.25 bits per heavy atom. The summed E-state index contributed by atoms with van der Waals surface area (Å²) in [5, 5.41) is 4.26. The highest BCUT2D eigenvalue weighted by Gasteiger charge is 2.24. The van der Waals surface area contributed by atoms with Crippen molar-refractivity contribution in [2.75, 3.05) is 32.1 Å². The summed E-state index contributed by atoms with van der Waals surface area (Å²) in [5.74, 6) is 0.686. The second-order valence-electron chi connectivity index (χ2n) is 5.24. The summed E-state index contributed by atoms with van der Waals surface area (Å²) in [5.41, 5.74) is 1.82. The number of rotatable bonds is 5. The van der Waals surface area contributed by atoms with Gasteiger partial charge in [-0.25, -0.2) is 0 Å². The minimum Gasteiger partial charge on any atom is -0.474 e. The lowest BCUT2D eigenvalue weighted by molar-refractivity contribution is 0.176. The highest BCUT2D eigenvalue weighted by atomic mass is 16.5. The molecule has 0 aliphatic carbocycles. The maximum absolute atomic E-state index is 5.99. The first-order valence-corrected chi connectivity index (χ1v) is 7.34. The van der Waals surface area contributed by atoms with Crippen LogP contribution in [0.4, 0.5) is 5.69 Å². The minimum absolute atomic E-state index is 0.519. The van der Waals surface area contributed by atoms with Crippen molar-refractivity contribution in [3.63, 3.8) is 0 Å². The molecule has 1 fully saturated rings. The zero-order chi connectivity index (χ0) is 13.9. The first kappa shape index (κ1) is 13.2. The SMILES string of the molecule is CCN1CCCC1COc1nc2[nH]ccc2cc1NC. The van der Waals surface area contributed by atoms with Crippen molar-refractivity contribution in [1.82, 2.24) is 14.9 Å². The second-order valence-corrected chi connectivity index (χ2v) is 5.24. The number of pyridine rings is 1. The fraction of sp³-hybridized carbons (Fsp3) is 0.533. The van der Waals surface area contributed by atoms with Crippen molar-refractivity contribution in [3.8, 4) is 5.88 Å². The molecule has 3 rings (SSSR count). The average Bonchev–Trinajstić information content (AvgIpc) is 3.11. The first-order valence-electron chi connectivity index (χ1n) is 7.34. The number of aromatic nitrogens is 2. The summed E-state index contributed by atoms with van der Waals surface area (Å²) in [6, 6.07) is 4.61. The molecular weight excluding hydrogens is 252 g/mol. The van der Waals surface area contributed by atoms with E-state index in [1.54, 1.807) is 0 Å². The fourth-order valence-corrected chi connectivity index (χ4v) is 2.93. The van der Waals surface area contributed by atoms with E-state index in [0.29, 0.717) is 18.5 Å². The maximum Gasteiger partial charge on any atom is 0.239 e. The van der Waals surface area contributed by atoms with E-state index < -0.39 is 0 Å². The lowest BCUT2D eigenvalue weighted by atomic mass is 10.2. The normalized spacial score (nSPS) is 19.6. The Morgan fingerprint density at radius 2 is 2.45 bits per heavy atom. The van der Waals surface area contributed by atoms with Gasteiger partial charge in [0, 0.05) is 24.7 Å². The highest BCUT2D eigenvalue weighted by molar-refractivity contribution is 5.81. The molecule has 5 heteroatoms. The first-order chi connectivity index (χ1) is 9.81. The summed E-state index contributed by atoms with van der Waals surface area (Å²) in [6.07, 6.45) is 4.38. The largest absolute Gasteiger partial charge is 0.474 e. The van der Waals surface area contributed by atoms with Crippen molar-refractivity contribution in [1.29, 1.82) is 0 Å². The molecule has 2 aromatic heterocycles. The topological polar surface area (TPSA) is 53.2 Å². The van der Waals surface area contributed by atoms with E-state index in [9.17, 15) is 0 Å². The van der Waals surface area contributed by atoms with Gasteiger partial charge in [-0.05, 0) is 38.1 Å². The van der Waals surface area contributed by atoms with Crippen LogP contribution in [-0.4, -0.2) is 47.7 Å². The van der Waals surface area contributed by atoms with E-state index in [4.69, 9.17) is 4.74 Å². The smallest absolute Gasteiger partial charge is 0.239 e. The number of hydrogen-bond donors (Lipinski definition) is 2. The van der Waals surface area contributed by atoms with Crippen LogP contribution in [0.5, 0.6) is 5.88 Å². The third-order valence-corrected chi connectivity index (χ3v) is 4.09. The number of nitrogens with one attached hydrogen (secondary N) is 2. The molecule has 0 bridgehead atoms. The zero-order valence-electron chi connectivity index (χ0n) is 12.1. The van der Waals surface area contributed by atoms with E-state index in [-0.39, 0.29) is 0 Å². The number of likely N-dealkylation sites (N-methyl/N-ethyl adjacent to an activating group) is 1. The van der Waals surface area contributed by atoms with Crippen LogP contribution in [0.2, 0.25) is 0 Å². The summed E-state index contributed by atoms with van der Waals surface area (Å²) in [7, 11) is 1.90. The van der Waals surface area contributed by atoms with Gasteiger partial charge in [-0.3, -0.25) is 4.90 Å². The molecule has 0 amide bonds. The van der Waals surface area contributed by atoms with E-state index in [2.05, 4.69) is 33.2 Å². The van der Waals surface area contributed by atoms with Crippen molar-refractivity contribution in [3.05, 3.63) is 18.3 Å². The standard InChI is InChI=1S/C15H22N4O/c1-3-19-8-4-5-12(19)10-20-15-13(16-2)9-11-6-7-17-14(11)18-15/h6-7,9,12,16H,3-5,8,10H2,1-2H3,(H,17,18). The van der Waals surface area contributed by atoms with Gasteiger partial charge in [0.1, 0.15) is 12.3 Å². The molecule has 5 nitrogen and oxygen atoms in total. The zero-order valence-corrected chi connectivity index (χ0v) is 12.1. The van der Waals surface area contributed by atoms with Gasteiger partial charge in [0.15, 0.2) is 0 Å². The van der Waals surface area contributed by atoms with Gasteiger partial charge in [-0.1, -0.05) is 6.92 Å². The van der Waals surface area contributed by atoms with Crippen molar-refractivity contribution in [2.45, 2.75) is 25.8 Å². The summed E-state index contributed by atoms with van der Waals surface area (Å²) in [6.45, 7) is 5.20. The number of aromatic amines is 1. The van der Waals surface area contributed by atoms with Crippen molar-refractivity contribution < 1.29 is 4.74 Å². The van der Waals surface area contributed by atoms with E-state index >= 15 is 0 Å². The molecule has 20 heavy (non-hydrogen) atoms. The van der Waals surface area contributed by atoms with Crippen LogP contribution in [0.3, 0.4) is 0 Å². The molecule has 1 unspecified atom stereocenters. The number of nitrogens with zero attached hydrogens (tertiary/aromatic N) is 2. The molecule has 2 N–H and O–H groups in total. The Bertz CT molecular complexity index is 580. The highest BCUT2D eigenvalue weighted by Crippen LogP contribution is 2.27. The Balaban J connectivity index is 1.75. The molecule has 3 heterocycles. The van der Waals surface area contributed by atoms with Gasteiger partial charge in [0.25, 0.3) is 0 Å². The summed E-state index contributed by atoms with van der Waals surface area (Å²) < 4.78 is 5.99. The van der Waals surface area contributed by atoms with Crippen molar-refractivity contribution >= 4 is 16.7 Å². The lowest BCUT2D eigenvalue weighted by Crippen LogP contribution is -2.34. The van der Waals surface area contributed by atoms with Gasteiger partial charge in [-0.2, -0.15) is 4.98 Å². The molecule has 1 atom stereocenters. The Morgan fingerprint density at radius 1 is 1.55 bits per heavy atom. The van der Waals surface area contributed by atoms with E-state index in [0.717, 1.165) is 23.3 Å². The average molecular weight is 274 g/mol. The van der Waals surface area contributed by atoms with Crippen LogP contribution in [0.15, 0.2) is 18.3 Å². The summed E-state index contributed by atoms with van der Waals surface area (Å²) in [4.78, 5) is 10.2. The fourth-order valence-electron chi connectivity index (χ4n) is 2.93. The van der Waals surface area contributed by atoms with E-state index in [1.807, 2.05) is 19.3 Å². The monoisotopic (exact) mass is 274 g/mol. The summed E-state index contributed by atoms with van der Waals surface area (Å²) >= 11 is 0. The van der Waals surface area contributed by atoms with Crippen LogP contribution >= 0.6 is 0 Å². The van der Waals surface area contributed by atoms with Gasteiger partial charge >= 0.3 is 0 Å².